The lowest BCUT2D eigenvalue weighted by molar-refractivity contribution is 0.269. The van der Waals surface area contributed by atoms with E-state index in [-0.39, 0.29) is 6.17 Å². The molecule has 0 aromatic heterocycles. The van der Waals surface area contributed by atoms with E-state index in [1.165, 1.54) is 22.5 Å². The van der Waals surface area contributed by atoms with Crippen molar-refractivity contribution in [3.63, 3.8) is 0 Å². The molecule has 116 valence electrons. The van der Waals surface area contributed by atoms with Gasteiger partial charge in [0.2, 0.25) is 0 Å². The second-order valence-electron chi connectivity index (χ2n) is 6.26. The zero-order valence-electron chi connectivity index (χ0n) is 14.8. The zero-order valence-corrected chi connectivity index (χ0v) is 13.8. The summed E-state index contributed by atoms with van der Waals surface area (Å²) in [6, 6.07) is 18.2. The van der Waals surface area contributed by atoms with Crippen LogP contribution in [0.15, 0.2) is 78.1 Å². The Morgan fingerprint density at radius 1 is 0.957 bits per heavy atom. The third-order valence-corrected chi connectivity index (χ3v) is 4.82. The highest BCUT2D eigenvalue weighted by Crippen LogP contribution is 2.47. The third-order valence-electron chi connectivity index (χ3n) is 4.82. The van der Waals surface area contributed by atoms with Crippen molar-refractivity contribution in [2.24, 2.45) is 0 Å². The van der Waals surface area contributed by atoms with Gasteiger partial charge in [0.1, 0.15) is 6.17 Å². The number of hydrogen-bond acceptors (Lipinski definition) is 2. The van der Waals surface area contributed by atoms with Gasteiger partial charge >= 0.3 is 0 Å². The number of anilines is 1. The normalized spacial score (nSPS) is 26.7. The van der Waals surface area contributed by atoms with Crippen molar-refractivity contribution in [1.82, 2.24) is 4.90 Å². The van der Waals surface area contributed by atoms with Gasteiger partial charge in [0, 0.05) is 17.4 Å². The number of para-hydroxylation sites is 1. The number of rotatable bonds is 2. The summed E-state index contributed by atoms with van der Waals surface area (Å²) in [6.45, 7) is 6.26. The summed E-state index contributed by atoms with van der Waals surface area (Å²) in [5.41, 5.74) is 6.00. The van der Waals surface area contributed by atoms with Crippen molar-refractivity contribution >= 4 is 5.69 Å². The van der Waals surface area contributed by atoms with Crippen LogP contribution in [-0.4, -0.2) is 10.9 Å². The van der Waals surface area contributed by atoms with Gasteiger partial charge in [-0.15, -0.1) is 0 Å². The maximum atomic E-state index is 8.77. The Bertz CT molecular complexity index is 836. The molecule has 2 aromatic rings. The zero-order chi connectivity index (χ0) is 16.9. The van der Waals surface area contributed by atoms with Crippen LogP contribution in [0.1, 0.15) is 32.5 Å². The van der Waals surface area contributed by atoms with Crippen molar-refractivity contribution in [2.45, 2.75) is 33.0 Å². The first kappa shape index (κ1) is 13.0. The molecule has 0 saturated heterocycles. The molecule has 0 N–H and O–H groups in total. The van der Waals surface area contributed by atoms with Crippen LogP contribution >= 0.6 is 0 Å². The van der Waals surface area contributed by atoms with E-state index >= 15 is 0 Å². The molecule has 2 atom stereocenters. The molecule has 2 nitrogen and oxygen atoms in total. The molecule has 0 fully saturated rings. The molecule has 0 amide bonds. The molecule has 0 radical (unpaired) electrons. The summed E-state index contributed by atoms with van der Waals surface area (Å²) in [5.74, 6) is 0. The number of aryl methyl sites for hydroxylation is 1. The SMILES string of the molecule is [2H]C1(C)C=CC2=C(C)N(c3ccccc3C)C(c3ccccc3)N21. The fraction of sp³-hybridized carbons (Fsp3) is 0.238. The van der Waals surface area contributed by atoms with Crippen molar-refractivity contribution in [3.8, 4) is 0 Å². The summed E-state index contributed by atoms with van der Waals surface area (Å²) in [7, 11) is 0. The quantitative estimate of drug-likeness (QED) is 0.770. The predicted molar refractivity (Wildman–Crippen MR) is 96.0 cm³/mol. The van der Waals surface area contributed by atoms with Gasteiger partial charge in [-0.1, -0.05) is 54.6 Å². The average Bonchev–Trinajstić information content (AvgIpc) is 3.05. The number of fused-ring (bicyclic) bond motifs is 1. The summed E-state index contributed by atoms with van der Waals surface area (Å²) in [6.07, 6.45) is 4.08. The van der Waals surface area contributed by atoms with E-state index in [0.717, 1.165) is 5.70 Å². The van der Waals surface area contributed by atoms with Gasteiger partial charge in [-0.3, -0.25) is 0 Å². The average molecular weight is 303 g/mol. The van der Waals surface area contributed by atoms with Gasteiger partial charge < -0.3 is 9.80 Å². The number of benzene rings is 2. The van der Waals surface area contributed by atoms with E-state index < -0.39 is 6.02 Å². The number of hydrogen-bond donors (Lipinski definition) is 0. The van der Waals surface area contributed by atoms with Gasteiger partial charge in [0.15, 0.2) is 0 Å². The van der Waals surface area contributed by atoms with Crippen molar-refractivity contribution in [2.75, 3.05) is 4.90 Å². The van der Waals surface area contributed by atoms with Crippen molar-refractivity contribution in [1.29, 1.82) is 0 Å². The first-order valence-corrected chi connectivity index (χ1v) is 8.10. The fourth-order valence-corrected chi connectivity index (χ4v) is 3.66. The predicted octanol–water partition coefficient (Wildman–Crippen LogP) is 5.01. The third kappa shape index (κ3) is 2.09. The largest absolute Gasteiger partial charge is 0.339 e. The summed E-state index contributed by atoms with van der Waals surface area (Å²) in [4.78, 5) is 4.58. The number of allylic oxidation sites excluding steroid dienone is 2. The fourth-order valence-electron chi connectivity index (χ4n) is 3.66. The summed E-state index contributed by atoms with van der Waals surface area (Å²) >= 11 is 0. The lowest BCUT2D eigenvalue weighted by atomic mass is 10.1. The van der Waals surface area contributed by atoms with Crippen LogP contribution in [-0.2, 0) is 0 Å². The Balaban J connectivity index is 1.92. The Hall–Kier alpha value is -2.48. The second-order valence-corrected chi connectivity index (χ2v) is 6.26. The van der Waals surface area contributed by atoms with Crippen LogP contribution in [0.25, 0.3) is 0 Å². The molecule has 0 bridgehead atoms. The van der Waals surface area contributed by atoms with Crippen LogP contribution in [0.3, 0.4) is 0 Å². The summed E-state index contributed by atoms with van der Waals surface area (Å²) in [5, 5.41) is 0. The molecule has 4 rings (SSSR count). The Labute approximate surface area is 139 Å². The van der Waals surface area contributed by atoms with E-state index in [4.69, 9.17) is 1.37 Å². The van der Waals surface area contributed by atoms with E-state index in [9.17, 15) is 0 Å². The maximum Gasteiger partial charge on any atom is 0.133 e. The van der Waals surface area contributed by atoms with E-state index in [1.54, 1.807) is 0 Å². The molecule has 2 aliphatic heterocycles. The van der Waals surface area contributed by atoms with Crippen molar-refractivity contribution < 1.29 is 1.37 Å². The molecule has 0 aliphatic carbocycles. The molecule has 2 aliphatic rings. The molecule has 2 heteroatoms. The minimum absolute atomic E-state index is 0.000185. The molecule has 23 heavy (non-hydrogen) atoms. The monoisotopic (exact) mass is 303 g/mol. The van der Waals surface area contributed by atoms with Crippen LogP contribution in [0, 0.1) is 6.92 Å². The molecule has 2 unspecified atom stereocenters. The van der Waals surface area contributed by atoms with Gasteiger partial charge in [-0.05, 0) is 44.0 Å². The number of nitrogens with zero attached hydrogens (tertiary/aromatic N) is 2. The Morgan fingerprint density at radius 2 is 1.65 bits per heavy atom. The van der Waals surface area contributed by atoms with Crippen LogP contribution < -0.4 is 4.90 Å². The second kappa shape index (κ2) is 5.31. The highest BCUT2D eigenvalue weighted by Gasteiger charge is 2.41. The molecule has 0 saturated carbocycles. The molecule has 0 spiro atoms. The first-order valence-electron chi connectivity index (χ1n) is 8.60. The van der Waals surface area contributed by atoms with E-state index in [1.807, 2.05) is 19.1 Å². The van der Waals surface area contributed by atoms with Crippen LogP contribution in [0.5, 0.6) is 0 Å². The van der Waals surface area contributed by atoms with E-state index in [2.05, 4.69) is 78.3 Å². The highest BCUT2D eigenvalue weighted by atomic mass is 15.4. The lowest BCUT2D eigenvalue weighted by Crippen LogP contribution is -2.35. The van der Waals surface area contributed by atoms with Crippen LogP contribution in [0.4, 0.5) is 5.69 Å². The minimum Gasteiger partial charge on any atom is -0.339 e. The Morgan fingerprint density at radius 3 is 2.39 bits per heavy atom. The van der Waals surface area contributed by atoms with Gasteiger partial charge in [0.25, 0.3) is 0 Å². The van der Waals surface area contributed by atoms with Crippen molar-refractivity contribution in [3.05, 3.63) is 89.3 Å². The van der Waals surface area contributed by atoms with Crippen LogP contribution in [0.2, 0.25) is 0 Å². The lowest BCUT2D eigenvalue weighted by Gasteiger charge is -2.36. The maximum absolute atomic E-state index is 8.77. The van der Waals surface area contributed by atoms with Gasteiger partial charge in [-0.2, -0.15) is 0 Å². The first-order chi connectivity index (χ1) is 11.5. The smallest absolute Gasteiger partial charge is 0.133 e. The molecular weight excluding hydrogens is 280 g/mol. The summed E-state index contributed by atoms with van der Waals surface area (Å²) < 4.78 is 8.77. The van der Waals surface area contributed by atoms with Gasteiger partial charge in [0.05, 0.1) is 7.07 Å². The highest BCUT2D eigenvalue weighted by molar-refractivity contribution is 5.63. The Kier molecular flexibility index (Phi) is 3.00. The van der Waals surface area contributed by atoms with E-state index in [0.29, 0.717) is 0 Å². The minimum atomic E-state index is -0.742. The molecule has 2 aromatic carbocycles. The topological polar surface area (TPSA) is 6.48 Å². The molecular formula is C21H22N2. The van der Waals surface area contributed by atoms with Gasteiger partial charge in [-0.25, -0.2) is 0 Å². The standard InChI is InChI=1S/C21H22N2/c1-15-9-7-8-12-19(15)23-17(3)20-14-13-16(2)22(20)21(23)18-10-5-4-6-11-18/h4-14,16,21H,1-3H3/i16D. The molecule has 2 heterocycles.